The molecule has 0 spiro atoms. The third-order valence-corrected chi connectivity index (χ3v) is 2.21. The quantitative estimate of drug-likeness (QED) is 0.661. The maximum absolute atomic E-state index is 3.20. The molecule has 2 aromatic rings. The summed E-state index contributed by atoms with van der Waals surface area (Å²) in [4.78, 5) is 0. The minimum Gasteiger partial charge on any atom is -0.0622 e. The van der Waals surface area contributed by atoms with Gasteiger partial charge in [-0.25, -0.2) is 0 Å². The molecule has 0 heteroatoms. The van der Waals surface area contributed by atoms with E-state index in [0.717, 1.165) is 5.56 Å². The van der Waals surface area contributed by atoms with Gasteiger partial charge in [0.15, 0.2) is 0 Å². The highest BCUT2D eigenvalue weighted by Crippen LogP contribution is 2.02. The Morgan fingerprint density at radius 1 is 0.750 bits per heavy atom. The first-order valence-electron chi connectivity index (χ1n) is 5.32. The van der Waals surface area contributed by atoms with Crippen LogP contribution in [0.3, 0.4) is 0 Å². The summed E-state index contributed by atoms with van der Waals surface area (Å²) in [5, 5.41) is 0. The van der Waals surface area contributed by atoms with Crippen LogP contribution >= 0.6 is 0 Å². The van der Waals surface area contributed by atoms with Crippen molar-refractivity contribution < 1.29 is 0 Å². The summed E-state index contributed by atoms with van der Waals surface area (Å²) in [7, 11) is 0. The second-order valence-corrected chi connectivity index (χ2v) is 3.45. The van der Waals surface area contributed by atoms with Gasteiger partial charge in [0.05, 0.1) is 0 Å². The van der Waals surface area contributed by atoms with E-state index < -0.39 is 0 Å². The van der Waals surface area contributed by atoms with E-state index in [4.69, 9.17) is 0 Å². The third kappa shape index (κ3) is 3.25. The lowest BCUT2D eigenvalue weighted by Gasteiger charge is -1.89. The van der Waals surface area contributed by atoms with Gasteiger partial charge in [-0.2, -0.15) is 0 Å². The van der Waals surface area contributed by atoms with E-state index in [-0.39, 0.29) is 0 Å². The zero-order chi connectivity index (χ0) is 11.1. The monoisotopic (exact) mass is 205 g/mol. The van der Waals surface area contributed by atoms with Crippen LogP contribution < -0.4 is 0 Å². The zero-order valence-corrected chi connectivity index (χ0v) is 9.01. The second kappa shape index (κ2) is 5.72. The summed E-state index contributed by atoms with van der Waals surface area (Å²) in [6, 6.07) is 20.3. The molecule has 2 rings (SSSR count). The Bertz CT molecular complexity index is 416. The van der Waals surface area contributed by atoms with Crippen molar-refractivity contribution in [1.29, 1.82) is 0 Å². The van der Waals surface area contributed by atoms with Crippen molar-refractivity contribution in [3.63, 3.8) is 0 Å². The topological polar surface area (TPSA) is 0 Å². The van der Waals surface area contributed by atoms with Gasteiger partial charge in [0.2, 0.25) is 0 Å². The van der Waals surface area contributed by atoms with Gasteiger partial charge in [-0.05, 0) is 17.2 Å². The molecule has 0 nitrogen and oxygen atoms in total. The Kier molecular flexibility index (Phi) is 3.73. The number of rotatable bonds is 3. The van der Waals surface area contributed by atoms with Crippen LogP contribution in [0.15, 0.2) is 72.8 Å². The summed E-state index contributed by atoms with van der Waals surface area (Å²) < 4.78 is 0. The Morgan fingerprint density at radius 2 is 1.38 bits per heavy atom. The molecule has 0 atom stereocenters. The van der Waals surface area contributed by atoms with E-state index >= 15 is 0 Å². The summed E-state index contributed by atoms with van der Waals surface area (Å²) in [5.41, 5.74) is 2.30. The number of hydrogen-bond acceptors (Lipinski definition) is 0. The number of hydrogen-bond donors (Lipinski definition) is 0. The van der Waals surface area contributed by atoms with Crippen molar-refractivity contribution in [3.05, 3.63) is 90.0 Å². The van der Waals surface area contributed by atoms with E-state index in [0.29, 0.717) is 0 Å². The minimum atomic E-state index is 1.10. The summed E-state index contributed by atoms with van der Waals surface area (Å²) in [6.45, 7) is 0. The molecule has 0 saturated carbocycles. The molecule has 0 saturated heterocycles. The average molecular weight is 205 g/mol. The van der Waals surface area contributed by atoms with Gasteiger partial charge in [-0.3, -0.25) is 0 Å². The fourth-order valence-corrected chi connectivity index (χ4v) is 1.40. The molecule has 1 radical (unpaired) electrons. The fraction of sp³-hybridized carbons (Fsp3) is 0. The molecular formula is C16H13. The van der Waals surface area contributed by atoms with E-state index in [1.807, 2.05) is 60.7 Å². The van der Waals surface area contributed by atoms with Gasteiger partial charge in [0.25, 0.3) is 0 Å². The Labute approximate surface area is 96.6 Å². The Hall–Kier alpha value is -2.08. The van der Waals surface area contributed by atoms with Crippen molar-refractivity contribution in [3.8, 4) is 0 Å². The van der Waals surface area contributed by atoms with Crippen LogP contribution in [-0.4, -0.2) is 0 Å². The van der Waals surface area contributed by atoms with Gasteiger partial charge in [-0.15, -0.1) is 0 Å². The normalized spacial score (nSPS) is 11.2. The SMILES string of the molecule is [C](=CC=Cc1ccccc1)c1ccccc1. The van der Waals surface area contributed by atoms with Gasteiger partial charge >= 0.3 is 0 Å². The Morgan fingerprint density at radius 3 is 2.06 bits per heavy atom. The van der Waals surface area contributed by atoms with Gasteiger partial charge < -0.3 is 0 Å². The fourth-order valence-electron chi connectivity index (χ4n) is 1.40. The first-order chi connectivity index (χ1) is 7.95. The highest BCUT2D eigenvalue weighted by Gasteiger charge is 1.82. The van der Waals surface area contributed by atoms with Crippen LogP contribution in [0.1, 0.15) is 11.1 Å². The van der Waals surface area contributed by atoms with Crippen molar-refractivity contribution in [1.82, 2.24) is 0 Å². The third-order valence-electron chi connectivity index (χ3n) is 2.21. The summed E-state index contributed by atoms with van der Waals surface area (Å²) >= 11 is 0. The predicted molar refractivity (Wildman–Crippen MR) is 68.8 cm³/mol. The molecule has 0 unspecified atom stereocenters. The highest BCUT2D eigenvalue weighted by molar-refractivity contribution is 5.50. The van der Waals surface area contributed by atoms with Gasteiger partial charge in [-0.1, -0.05) is 78.9 Å². The lowest BCUT2D eigenvalue weighted by Crippen LogP contribution is -1.70. The minimum absolute atomic E-state index is 1.10. The molecule has 0 N–H and O–H groups in total. The molecule has 0 amide bonds. The van der Waals surface area contributed by atoms with Crippen LogP contribution in [0.5, 0.6) is 0 Å². The second-order valence-electron chi connectivity index (χ2n) is 3.45. The van der Waals surface area contributed by atoms with E-state index in [1.54, 1.807) is 0 Å². The largest absolute Gasteiger partial charge is 0.0622 e. The molecular weight excluding hydrogens is 192 g/mol. The zero-order valence-electron chi connectivity index (χ0n) is 9.01. The van der Waals surface area contributed by atoms with E-state index in [1.165, 1.54) is 5.56 Å². The molecule has 0 heterocycles. The van der Waals surface area contributed by atoms with Gasteiger partial charge in [0.1, 0.15) is 0 Å². The first-order valence-corrected chi connectivity index (χ1v) is 5.32. The molecule has 77 valence electrons. The lowest BCUT2D eigenvalue weighted by molar-refractivity contribution is 1.57. The molecule has 16 heavy (non-hydrogen) atoms. The number of allylic oxidation sites excluding steroid dienone is 2. The summed E-state index contributed by atoms with van der Waals surface area (Å²) in [6.07, 6.45) is 9.20. The maximum Gasteiger partial charge on any atom is -0.0105 e. The van der Waals surface area contributed by atoms with Crippen LogP contribution in [0.4, 0.5) is 0 Å². The van der Waals surface area contributed by atoms with E-state index in [9.17, 15) is 0 Å². The van der Waals surface area contributed by atoms with Crippen LogP contribution in [0.25, 0.3) is 6.08 Å². The smallest absolute Gasteiger partial charge is 0.0105 e. The Balaban J connectivity index is 1.98. The average Bonchev–Trinajstić information content (AvgIpc) is 2.37. The van der Waals surface area contributed by atoms with Crippen LogP contribution in [0.2, 0.25) is 0 Å². The lowest BCUT2D eigenvalue weighted by atomic mass is 10.2. The molecule has 0 aliphatic heterocycles. The van der Waals surface area contributed by atoms with Crippen molar-refractivity contribution in [2.24, 2.45) is 0 Å². The van der Waals surface area contributed by atoms with Crippen LogP contribution in [-0.2, 0) is 0 Å². The standard InChI is InChI=1S/C16H13/c1-3-9-15(10-4-1)13-7-8-14-16-11-5-2-6-12-16/h1-13H. The van der Waals surface area contributed by atoms with Crippen molar-refractivity contribution in [2.45, 2.75) is 0 Å². The summed E-state index contributed by atoms with van der Waals surface area (Å²) in [5.74, 6) is 0. The molecule has 0 fully saturated rings. The molecule has 0 aliphatic carbocycles. The molecule has 0 bridgehead atoms. The van der Waals surface area contributed by atoms with Crippen molar-refractivity contribution >= 4 is 6.08 Å². The first kappa shape index (κ1) is 10.4. The molecule has 0 aliphatic rings. The van der Waals surface area contributed by atoms with Crippen LogP contribution in [0, 0.1) is 6.08 Å². The molecule has 0 aromatic heterocycles. The van der Waals surface area contributed by atoms with E-state index in [2.05, 4.69) is 24.3 Å². The van der Waals surface area contributed by atoms with Crippen molar-refractivity contribution in [2.75, 3.05) is 0 Å². The maximum atomic E-state index is 3.20. The number of benzene rings is 2. The molecule has 2 aromatic carbocycles. The van der Waals surface area contributed by atoms with Gasteiger partial charge in [0, 0.05) is 0 Å². The highest BCUT2D eigenvalue weighted by atomic mass is 13.9. The predicted octanol–water partition coefficient (Wildman–Crippen LogP) is 4.11.